The molecule has 2 rings (SSSR count). The molecule has 18 heavy (non-hydrogen) atoms. The number of benzene rings is 1. The minimum absolute atomic E-state index is 0.200. The van der Waals surface area contributed by atoms with E-state index in [9.17, 15) is 13.2 Å². The summed E-state index contributed by atoms with van der Waals surface area (Å²) in [6.45, 7) is -0.516. The zero-order valence-corrected chi connectivity index (χ0v) is 9.28. The van der Waals surface area contributed by atoms with Gasteiger partial charge in [0.25, 0.3) is 0 Å². The highest BCUT2D eigenvalue weighted by Crippen LogP contribution is 2.34. The Bertz CT molecular complexity index is 436. The van der Waals surface area contributed by atoms with Gasteiger partial charge in [-0.3, -0.25) is 0 Å². The highest BCUT2D eigenvalue weighted by Gasteiger charge is 2.38. The summed E-state index contributed by atoms with van der Waals surface area (Å²) in [7, 11) is 0. The van der Waals surface area contributed by atoms with Crippen LogP contribution in [-0.2, 0) is 0 Å². The number of fused-ring (bicyclic) bond motifs is 1. The Balaban J connectivity index is 1.99. The van der Waals surface area contributed by atoms with E-state index in [0.29, 0.717) is 12.4 Å². The molecule has 0 amide bonds. The highest BCUT2D eigenvalue weighted by molar-refractivity contribution is 5.44. The largest absolute Gasteiger partial charge is 0.491 e. The molecule has 1 aromatic rings. The molecule has 0 saturated carbocycles. The van der Waals surface area contributed by atoms with Crippen LogP contribution < -0.4 is 15.2 Å². The van der Waals surface area contributed by atoms with Crippen molar-refractivity contribution in [3.05, 3.63) is 23.8 Å². The van der Waals surface area contributed by atoms with Crippen LogP contribution in [0.2, 0.25) is 0 Å². The molecule has 1 aliphatic heterocycles. The Hall–Kier alpha value is -1.47. The third-order valence-corrected chi connectivity index (χ3v) is 2.59. The number of aliphatic hydroxyl groups is 1. The summed E-state index contributed by atoms with van der Waals surface area (Å²) >= 11 is 0. The summed E-state index contributed by atoms with van der Waals surface area (Å²) in [6, 6.07) is 4.37. The fourth-order valence-corrected chi connectivity index (χ4v) is 1.57. The summed E-state index contributed by atoms with van der Waals surface area (Å²) < 4.78 is 46.3. The molecule has 1 heterocycles. The van der Waals surface area contributed by atoms with Crippen molar-refractivity contribution >= 4 is 0 Å². The SMILES string of the molecule is NC1COc2cc(OCC(O)C(F)(F)F)ccc21. The van der Waals surface area contributed by atoms with Crippen molar-refractivity contribution in [2.45, 2.75) is 18.3 Å². The van der Waals surface area contributed by atoms with E-state index >= 15 is 0 Å². The van der Waals surface area contributed by atoms with Crippen molar-refractivity contribution in [2.24, 2.45) is 5.73 Å². The summed E-state index contributed by atoms with van der Waals surface area (Å²) in [5.41, 5.74) is 6.51. The van der Waals surface area contributed by atoms with Gasteiger partial charge in [0, 0.05) is 11.6 Å². The molecular weight excluding hydrogens is 251 g/mol. The lowest BCUT2D eigenvalue weighted by atomic mass is 10.1. The topological polar surface area (TPSA) is 64.7 Å². The second kappa shape index (κ2) is 4.66. The normalized spacial score (nSPS) is 20.2. The summed E-state index contributed by atoms with van der Waals surface area (Å²) in [6.07, 6.45) is -7.19. The van der Waals surface area contributed by atoms with Gasteiger partial charge in [-0.25, -0.2) is 0 Å². The first-order valence-corrected chi connectivity index (χ1v) is 5.28. The molecule has 0 fully saturated rings. The van der Waals surface area contributed by atoms with Gasteiger partial charge in [0.1, 0.15) is 24.7 Å². The number of halogens is 3. The van der Waals surface area contributed by atoms with Gasteiger partial charge in [-0.2, -0.15) is 13.2 Å². The van der Waals surface area contributed by atoms with Gasteiger partial charge >= 0.3 is 6.18 Å². The Morgan fingerprint density at radius 3 is 2.89 bits per heavy atom. The molecule has 0 aromatic heterocycles. The van der Waals surface area contributed by atoms with Crippen molar-refractivity contribution in [1.82, 2.24) is 0 Å². The maximum Gasteiger partial charge on any atom is 0.417 e. The number of alkyl halides is 3. The van der Waals surface area contributed by atoms with Gasteiger partial charge in [0.05, 0.1) is 6.04 Å². The van der Waals surface area contributed by atoms with E-state index in [1.807, 2.05) is 0 Å². The third-order valence-electron chi connectivity index (χ3n) is 2.59. The minimum Gasteiger partial charge on any atom is -0.491 e. The molecule has 3 N–H and O–H groups in total. The second-order valence-corrected chi connectivity index (χ2v) is 3.99. The van der Waals surface area contributed by atoms with Gasteiger partial charge in [-0.05, 0) is 12.1 Å². The molecular formula is C11H12F3NO3. The van der Waals surface area contributed by atoms with Gasteiger partial charge in [-0.1, -0.05) is 0 Å². The van der Waals surface area contributed by atoms with Crippen LogP contribution in [-0.4, -0.2) is 30.6 Å². The zero-order chi connectivity index (χ0) is 13.3. The van der Waals surface area contributed by atoms with E-state index in [0.717, 1.165) is 5.56 Å². The first kappa shape index (κ1) is 13.0. The van der Waals surface area contributed by atoms with E-state index in [-0.39, 0.29) is 11.8 Å². The lowest BCUT2D eigenvalue weighted by molar-refractivity contribution is -0.210. The fourth-order valence-electron chi connectivity index (χ4n) is 1.57. The predicted molar refractivity (Wildman–Crippen MR) is 56.4 cm³/mol. The number of rotatable bonds is 3. The molecule has 0 spiro atoms. The van der Waals surface area contributed by atoms with Crippen molar-refractivity contribution in [2.75, 3.05) is 13.2 Å². The summed E-state index contributed by atoms with van der Waals surface area (Å²) in [5, 5.41) is 8.78. The molecule has 2 unspecified atom stereocenters. The number of ether oxygens (including phenoxy) is 2. The van der Waals surface area contributed by atoms with Crippen LogP contribution in [0.5, 0.6) is 11.5 Å². The van der Waals surface area contributed by atoms with Crippen molar-refractivity contribution < 1.29 is 27.8 Å². The van der Waals surface area contributed by atoms with Crippen molar-refractivity contribution in [1.29, 1.82) is 0 Å². The van der Waals surface area contributed by atoms with Crippen LogP contribution in [0, 0.1) is 0 Å². The van der Waals surface area contributed by atoms with Crippen LogP contribution >= 0.6 is 0 Å². The van der Waals surface area contributed by atoms with Crippen LogP contribution in [0.1, 0.15) is 11.6 Å². The highest BCUT2D eigenvalue weighted by atomic mass is 19.4. The first-order valence-electron chi connectivity index (χ1n) is 5.28. The molecule has 0 radical (unpaired) electrons. The second-order valence-electron chi connectivity index (χ2n) is 3.99. The molecule has 7 heteroatoms. The summed E-state index contributed by atoms with van der Waals surface area (Å²) in [5.74, 6) is 0.702. The zero-order valence-electron chi connectivity index (χ0n) is 9.28. The molecule has 1 aliphatic rings. The maximum absolute atomic E-state index is 12.1. The molecule has 0 aliphatic carbocycles. The first-order chi connectivity index (χ1) is 8.38. The van der Waals surface area contributed by atoms with Crippen LogP contribution in [0.15, 0.2) is 18.2 Å². The van der Waals surface area contributed by atoms with Crippen LogP contribution in [0.4, 0.5) is 13.2 Å². The fraction of sp³-hybridized carbons (Fsp3) is 0.455. The maximum atomic E-state index is 12.1. The molecule has 1 aromatic carbocycles. The predicted octanol–water partition coefficient (Wildman–Crippen LogP) is 1.38. The average molecular weight is 263 g/mol. The Labute approximate surface area is 101 Å². The Kier molecular flexibility index (Phi) is 3.36. The molecule has 2 atom stereocenters. The van der Waals surface area contributed by atoms with E-state index in [1.165, 1.54) is 12.1 Å². The van der Waals surface area contributed by atoms with Gasteiger partial charge in [0.2, 0.25) is 0 Å². The van der Waals surface area contributed by atoms with Gasteiger partial charge in [0.15, 0.2) is 6.10 Å². The smallest absolute Gasteiger partial charge is 0.417 e. The number of aliphatic hydroxyl groups excluding tert-OH is 1. The van der Waals surface area contributed by atoms with Crippen molar-refractivity contribution in [3.8, 4) is 11.5 Å². The Morgan fingerprint density at radius 1 is 1.50 bits per heavy atom. The monoisotopic (exact) mass is 263 g/mol. The number of hydrogen-bond acceptors (Lipinski definition) is 4. The quantitative estimate of drug-likeness (QED) is 0.864. The van der Waals surface area contributed by atoms with Crippen LogP contribution in [0.25, 0.3) is 0 Å². The molecule has 100 valence electrons. The number of nitrogens with two attached hydrogens (primary N) is 1. The van der Waals surface area contributed by atoms with Crippen LogP contribution in [0.3, 0.4) is 0 Å². The standard InChI is InChI=1S/C11H12F3NO3/c12-11(13,14)10(16)5-17-6-1-2-7-8(15)4-18-9(7)3-6/h1-3,8,10,16H,4-5,15H2. The summed E-state index contributed by atoms with van der Waals surface area (Å²) in [4.78, 5) is 0. The number of hydrogen-bond donors (Lipinski definition) is 2. The average Bonchev–Trinajstić information content (AvgIpc) is 2.66. The van der Waals surface area contributed by atoms with E-state index in [4.69, 9.17) is 20.3 Å². The van der Waals surface area contributed by atoms with Crippen molar-refractivity contribution in [3.63, 3.8) is 0 Å². The minimum atomic E-state index is -4.68. The molecule has 0 bridgehead atoms. The lowest BCUT2D eigenvalue weighted by Gasteiger charge is -2.15. The van der Waals surface area contributed by atoms with E-state index < -0.39 is 18.9 Å². The van der Waals surface area contributed by atoms with Gasteiger partial charge < -0.3 is 20.3 Å². The third kappa shape index (κ3) is 2.68. The Morgan fingerprint density at radius 2 is 2.22 bits per heavy atom. The molecule has 4 nitrogen and oxygen atoms in total. The van der Waals surface area contributed by atoms with E-state index in [2.05, 4.69) is 0 Å². The van der Waals surface area contributed by atoms with E-state index in [1.54, 1.807) is 6.07 Å². The van der Waals surface area contributed by atoms with Gasteiger partial charge in [-0.15, -0.1) is 0 Å². The molecule has 0 saturated heterocycles. The lowest BCUT2D eigenvalue weighted by Crippen LogP contribution is -2.34.